The van der Waals surface area contributed by atoms with Gasteiger partial charge in [0.15, 0.2) is 0 Å². The lowest BCUT2D eigenvalue weighted by atomic mass is 10.3. The zero-order valence-electron chi connectivity index (χ0n) is 11.3. The fourth-order valence-corrected chi connectivity index (χ4v) is 1.34. The molecule has 0 rings (SSSR count). The molecule has 0 saturated carbocycles. The molecule has 0 heterocycles. The molecule has 1 N–H and O–H groups in total. The first-order chi connectivity index (χ1) is 7.56. The number of hydrogen-bond acceptors (Lipinski definition) is 4. The third-order valence-corrected chi connectivity index (χ3v) is 2.40. The molecule has 0 saturated heterocycles. The number of nitrogens with zero attached hydrogens (tertiary/aromatic N) is 2. The number of likely N-dealkylation sites (N-methyl/N-ethyl adjacent to an activating group) is 2. The second-order valence-corrected chi connectivity index (χ2v) is 4.65. The summed E-state index contributed by atoms with van der Waals surface area (Å²) < 4.78 is 5.38. The van der Waals surface area contributed by atoms with Gasteiger partial charge in [-0.2, -0.15) is 0 Å². The molecule has 0 aromatic heterocycles. The van der Waals surface area contributed by atoms with Gasteiger partial charge in [-0.25, -0.2) is 0 Å². The quantitative estimate of drug-likeness (QED) is 0.561. The fourth-order valence-electron chi connectivity index (χ4n) is 1.34. The van der Waals surface area contributed by atoms with E-state index in [0.717, 1.165) is 32.5 Å². The Morgan fingerprint density at radius 3 is 2.44 bits per heavy atom. The van der Waals surface area contributed by atoms with Crippen molar-refractivity contribution in [2.75, 3.05) is 54.0 Å². The Morgan fingerprint density at radius 2 is 1.88 bits per heavy atom. The number of ether oxygens (including phenoxy) is 1. The molecule has 0 aliphatic heterocycles. The minimum absolute atomic E-state index is 0.371. The van der Waals surface area contributed by atoms with E-state index in [4.69, 9.17) is 4.74 Å². The summed E-state index contributed by atoms with van der Waals surface area (Å²) >= 11 is 0. The zero-order chi connectivity index (χ0) is 12.4. The van der Waals surface area contributed by atoms with Gasteiger partial charge in [0.05, 0.1) is 12.7 Å². The summed E-state index contributed by atoms with van der Waals surface area (Å²) in [6.07, 6.45) is 1.84. The standard InChI is InChI=1S/C12H28N2O2/c1-5-6-9-16-11-12(15)10-14(4)8-7-13(2)3/h12,15H,5-11H2,1-4H3. The smallest absolute Gasteiger partial charge is 0.0900 e. The van der Waals surface area contributed by atoms with Crippen LogP contribution in [0.2, 0.25) is 0 Å². The monoisotopic (exact) mass is 232 g/mol. The number of hydrogen-bond donors (Lipinski definition) is 1. The van der Waals surface area contributed by atoms with Crippen molar-refractivity contribution in [2.24, 2.45) is 0 Å². The highest BCUT2D eigenvalue weighted by Gasteiger charge is 2.08. The highest BCUT2D eigenvalue weighted by molar-refractivity contribution is 4.61. The first kappa shape index (κ1) is 15.8. The third kappa shape index (κ3) is 10.4. The van der Waals surface area contributed by atoms with E-state index >= 15 is 0 Å². The molecular formula is C12H28N2O2. The van der Waals surface area contributed by atoms with Gasteiger partial charge in [-0.05, 0) is 27.6 Å². The molecule has 0 spiro atoms. The van der Waals surface area contributed by atoms with Crippen molar-refractivity contribution in [3.63, 3.8) is 0 Å². The first-order valence-electron chi connectivity index (χ1n) is 6.15. The Balaban J connectivity index is 3.42. The van der Waals surface area contributed by atoms with Crippen molar-refractivity contribution in [1.29, 1.82) is 0 Å². The summed E-state index contributed by atoms with van der Waals surface area (Å²) in [4.78, 5) is 4.27. The molecule has 0 aliphatic rings. The van der Waals surface area contributed by atoms with Gasteiger partial charge in [-0.15, -0.1) is 0 Å². The summed E-state index contributed by atoms with van der Waals surface area (Å²) in [6.45, 7) is 6.01. The van der Waals surface area contributed by atoms with Gasteiger partial charge >= 0.3 is 0 Å². The van der Waals surface area contributed by atoms with E-state index in [1.54, 1.807) is 0 Å². The van der Waals surface area contributed by atoms with Crippen LogP contribution in [0.25, 0.3) is 0 Å². The van der Waals surface area contributed by atoms with Crippen LogP contribution in [0.1, 0.15) is 19.8 Å². The first-order valence-corrected chi connectivity index (χ1v) is 6.15. The van der Waals surface area contributed by atoms with E-state index in [1.165, 1.54) is 0 Å². The van der Waals surface area contributed by atoms with E-state index in [9.17, 15) is 5.11 Å². The minimum Gasteiger partial charge on any atom is -0.389 e. The molecule has 0 aromatic rings. The van der Waals surface area contributed by atoms with Gasteiger partial charge in [0, 0.05) is 26.2 Å². The molecule has 0 radical (unpaired) electrons. The fraction of sp³-hybridized carbons (Fsp3) is 1.00. The average molecular weight is 232 g/mol. The van der Waals surface area contributed by atoms with E-state index in [2.05, 4.69) is 30.8 Å². The van der Waals surface area contributed by atoms with Crippen LogP contribution in [-0.4, -0.2) is 75.0 Å². The Hall–Kier alpha value is -0.160. The molecular weight excluding hydrogens is 204 g/mol. The summed E-state index contributed by atoms with van der Waals surface area (Å²) in [5, 5.41) is 9.70. The lowest BCUT2D eigenvalue weighted by Crippen LogP contribution is -2.36. The van der Waals surface area contributed by atoms with Gasteiger partial charge in [0.1, 0.15) is 0 Å². The summed E-state index contributed by atoms with van der Waals surface area (Å²) in [5.41, 5.74) is 0. The molecule has 4 nitrogen and oxygen atoms in total. The molecule has 0 amide bonds. The maximum absolute atomic E-state index is 9.70. The molecule has 0 aliphatic carbocycles. The lowest BCUT2D eigenvalue weighted by molar-refractivity contribution is 0.0192. The SMILES string of the molecule is CCCCOCC(O)CN(C)CCN(C)C. The molecule has 0 bridgehead atoms. The number of aliphatic hydroxyl groups excluding tert-OH is 1. The van der Waals surface area contributed by atoms with Crippen molar-refractivity contribution in [3.05, 3.63) is 0 Å². The zero-order valence-corrected chi connectivity index (χ0v) is 11.3. The lowest BCUT2D eigenvalue weighted by Gasteiger charge is -2.22. The molecule has 1 unspecified atom stereocenters. The second-order valence-electron chi connectivity index (χ2n) is 4.65. The maximum atomic E-state index is 9.70. The highest BCUT2D eigenvalue weighted by Crippen LogP contribution is 1.94. The van der Waals surface area contributed by atoms with Gasteiger partial charge in [-0.1, -0.05) is 13.3 Å². The summed E-state index contributed by atoms with van der Waals surface area (Å²) in [6, 6.07) is 0. The molecule has 4 heteroatoms. The minimum atomic E-state index is -0.371. The Labute approximate surface area is 100 Å². The molecule has 98 valence electrons. The molecule has 0 fully saturated rings. The van der Waals surface area contributed by atoms with Crippen molar-refractivity contribution in [2.45, 2.75) is 25.9 Å². The summed E-state index contributed by atoms with van der Waals surface area (Å²) in [5.74, 6) is 0. The number of aliphatic hydroxyl groups is 1. The second kappa shape index (κ2) is 10.0. The van der Waals surface area contributed by atoms with Crippen LogP contribution in [0.15, 0.2) is 0 Å². The summed E-state index contributed by atoms with van der Waals surface area (Å²) in [7, 11) is 6.13. The number of unbranched alkanes of at least 4 members (excludes halogenated alkanes) is 1. The maximum Gasteiger partial charge on any atom is 0.0900 e. The third-order valence-electron chi connectivity index (χ3n) is 2.40. The van der Waals surface area contributed by atoms with Crippen LogP contribution >= 0.6 is 0 Å². The van der Waals surface area contributed by atoms with Gasteiger partial charge in [0.2, 0.25) is 0 Å². The van der Waals surface area contributed by atoms with E-state index < -0.39 is 0 Å². The average Bonchev–Trinajstić information content (AvgIpc) is 2.21. The van der Waals surface area contributed by atoms with Crippen molar-refractivity contribution >= 4 is 0 Å². The van der Waals surface area contributed by atoms with Crippen LogP contribution in [0.4, 0.5) is 0 Å². The van der Waals surface area contributed by atoms with E-state index in [-0.39, 0.29) is 6.10 Å². The Kier molecular flexibility index (Phi) is 9.92. The topological polar surface area (TPSA) is 35.9 Å². The van der Waals surface area contributed by atoms with Crippen LogP contribution < -0.4 is 0 Å². The van der Waals surface area contributed by atoms with Crippen molar-refractivity contribution in [1.82, 2.24) is 9.80 Å². The van der Waals surface area contributed by atoms with Crippen LogP contribution in [0.3, 0.4) is 0 Å². The van der Waals surface area contributed by atoms with E-state index in [0.29, 0.717) is 13.2 Å². The molecule has 1 atom stereocenters. The van der Waals surface area contributed by atoms with Crippen LogP contribution in [0.5, 0.6) is 0 Å². The van der Waals surface area contributed by atoms with Gasteiger partial charge in [0.25, 0.3) is 0 Å². The predicted octanol–water partition coefficient (Wildman–Crippen LogP) is 0.657. The van der Waals surface area contributed by atoms with Crippen LogP contribution in [0, 0.1) is 0 Å². The number of rotatable bonds is 10. The predicted molar refractivity (Wildman–Crippen MR) is 67.8 cm³/mol. The molecule has 16 heavy (non-hydrogen) atoms. The van der Waals surface area contributed by atoms with Crippen molar-refractivity contribution < 1.29 is 9.84 Å². The largest absolute Gasteiger partial charge is 0.389 e. The van der Waals surface area contributed by atoms with Crippen molar-refractivity contribution in [3.8, 4) is 0 Å². The molecule has 0 aromatic carbocycles. The Bertz CT molecular complexity index is 154. The highest BCUT2D eigenvalue weighted by atomic mass is 16.5. The van der Waals surface area contributed by atoms with Gasteiger partial charge in [-0.3, -0.25) is 0 Å². The van der Waals surface area contributed by atoms with E-state index in [1.807, 2.05) is 7.05 Å². The Morgan fingerprint density at radius 1 is 1.19 bits per heavy atom. The normalized spacial score (nSPS) is 13.7. The van der Waals surface area contributed by atoms with Crippen LogP contribution in [-0.2, 0) is 4.74 Å². The van der Waals surface area contributed by atoms with Gasteiger partial charge < -0.3 is 19.6 Å².